The Morgan fingerprint density at radius 1 is 0.700 bits per heavy atom. The molecule has 2 unspecified atom stereocenters. The number of carbonyl (C=O) groups is 3. The summed E-state index contributed by atoms with van der Waals surface area (Å²) in [5.74, 6) is 12.5. The third-order valence-corrected chi connectivity index (χ3v) is 10.6. The summed E-state index contributed by atoms with van der Waals surface area (Å²) in [5, 5.41) is 19.7. The molecule has 2 saturated heterocycles. The zero-order valence-electron chi connectivity index (χ0n) is 34.4. The standard InChI is InChI=1S/C19H16O3.C16H12O.C9H16N2.C6H8O4/c1-13(20)19(21)22-18-12-16-8-3-2-6-14(16)10-11-15-7-4-5-9-17(15)18;17-16-11-14-7-2-1-5-12(14)9-10-13-6-3-4-8-15(13)16;1-2-5-9-10-6-4-8-11(9)7-3-1;1-3-5(7)10-4(2)6(8)9-3/h2-9,13,18,20H,12H2,1H3;1-8,16-17H,11H2;1-8H2;3-4H,1-2H3/t13-,18?;;;3-,4-/m0..0/s1. The first-order valence-electron chi connectivity index (χ1n) is 20.7. The number of nitrogens with zero attached hydrogens (tertiary/aromatic N) is 2. The summed E-state index contributed by atoms with van der Waals surface area (Å²) < 4.78 is 14.7. The minimum Gasteiger partial charge on any atom is -0.455 e. The Balaban J connectivity index is 0.000000141. The molecular formula is C50H52N2O8. The van der Waals surface area contributed by atoms with Crippen molar-refractivity contribution in [3.05, 3.63) is 142 Å². The third-order valence-electron chi connectivity index (χ3n) is 10.6. The van der Waals surface area contributed by atoms with Crippen LogP contribution in [-0.4, -0.2) is 76.8 Å². The molecule has 9 rings (SSSR count). The second-order valence-electron chi connectivity index (χ2n) is 15.1. The minimum absolute atomic E-state index is 0.450. The lowest BCUT2D eigenvalue weighted by Gasteiger charge is -2.27. The van der Waals surface area contributed by atoms with Gasteiger partial charge in [-0.1, -0.05) is 103 Å². The lowest BCUT2D eigenvalue weighted by atomic mass is 9.92. The number of amidine groups is 1. The molecule has 2 aliphatic carbocycles. The zero-order chi connectivity index (χ0) is 42.4. The third kappa shape index (κ3) is 11.7. The molecule has 5 aliphatic rings. The predicted octanol–water partition coefficient (Wildman–Crippen LogP) is 6.81. The summed E-state index contributed by atoms with van der Waals surface area (Å²) in [6, 6.07) is 31.3. The van der Waals surface area contributed by atoms with Gasteiger partial charge in [0.2, 0.25) is 0 Å². The van der Waals surface area contributed by atoms with E-state index in [1.54, 1.807) is 0 Å². The molecule has 0 bridgehead atoms. The highest BCUT2D eigenvalue weighted by Crippen LogP contribution is 2.29. The molecule has 10 nitrogen and oxygen atoms in total. The van der Waals surface area contributed by atoms with Crippen molar-refractivity contribution >= 4 is 23.7 Å². The Kier molecular flexibility index (Phi) is 15.3. The van der Waals surface area contributed by atoms with Gasteiger partial charge in [0.1, 0.15) is 12.2 Å². The zero-order valence-corrected chi connectivity index (χ0v) is 34.4. The summed E-state index contributed by atoms with van der Waals surface area (Å²) in [6.45, 7) is 7.96. The van der Waals surface area contributed by atoms with E-state index in [0.717, 1.165) is 51.1 Å². The first-order chi connectivity index (χ1) is 29.1. The molecule has 10 heteroatoms. The van der Waals surface area contributed by atoms with Crippen molar-refractivity contribution in [2.24, 2.45) is 4.99 Å². The summed E-state index contributed by atoms with van der Waals surface area (Å²) in [5.41, 5.74) is 7.67. The van der Waals surface area contributed by atoms with E-state index in [0.29, 0.717) is 12.8 Å². The molecule has 310 valence electrons. The van der Waals surface area contributed by atoms with E-state index in [1.807, 2.05) is 97.1 Å². The van der Waals surface area contributed by atoms with Crippen LogP contribution in [0, 0.1) is 23.7 Å². The lowest BCUT2D eigenvalue weighted by molar-refractivity contribution is -0.191. The molecule has 3 heterocycles. The summed E-state index contributed by atoms with van der Waals surface area (Å²) in [6.07, 6.45) is 4.25. The number of hydrogen-bond acceptors (Lipinski definition) is 10. The molecule has 60 heavy (non-hydrogen) atoms. The molecule has 5 atom stereocenters. The fourth-order valence-corrected chi connectivity index (χ4v) is 7.25. The maximum absolute atomic E-state index is 11.8. The first kappa shape index (κ1) is 43.4. The van der Waals surface area contributed by atoms with Gasteiger partial charge in [0.05, 0.1) is 11.9 Å². The number of aliphatic hydroxyl groups is 2. The molecule has 0 radical (unpaired) electrons. The van der Waals surface area contributed by atoms with E-state index in [2.05, 4.69) is 43.0 Å². The number of aliphatic hydroxyl groups excluding tert-OH is 2. The van der Waals surface area contributed by atoms with Crippen LogP contribution in [-0.2, 0) is 41.4 Å². The Morgan fingerprint density at radius 3 is 1.82 bits per heavy atom. The average molecular weight is 809 g/mol. The Morgan fingerprint density at radius 2 is 1.20 bits per heavy atom. The van der Waals surface area contributed by atoms with Gasteiger partial charge in [-0.2, -0.15) is 0 Å². The van der Waals surface area contributed by atoms with Crippen molar-refractivity contribution in [1.29, 1.82) is 0 Å². The quantitative estimate of drug-likeness (QED) is 0.127. The number of carbonyl (C=O) groups excluding carboxylic acids is 3. The van der Waals surface area contributed by atoms with Crippen LogP contribution in [0.1, 0.15) is 110 Å². The number of esters is 3. The Labute approximate surface area is 352 Å². The van der Waals surface area contributed by atoms with Gasteiger partial charge in [-0.15, -0.1) is 0 Å². The van der Waals surface area contributed by atoms with E-state index in [9.17, 15) is 24.6 Å². The second kappa shape index (κ2) is 21.2. The molecule has 2 fully saturated rings. The van der Waals surface area contributed by atoms with E-state index < -0.39 is 48.4 Å². The number of benzene rings is 4. The van der Waals surface area contributed by atoms with Gasteiger partial charge in [-0.25, -0.2) is 14.4 Å². The SMILES string of the molecule is C1CCC2=NCCCN2CC1.C[C@@H]1OC(=O)[C@H](C)OC1=O.C[C@H](O)C(=O)OC1Cc2ccccc2C#Cc2ccccc21.OC1Cc2ccccc2C#Cc2ccccc21. The smallest absolute Gasteiger partial charge is 0.347 e. The molecule has 4 aromatic rings. The van der Waals surface area contributed by atoms with Gasteiger partial charge in [0, 0.05) is 66.7 Å². The van der Waals surface area contributed by atoms with Gasteiger partial charge in [-0.05, 0) is 81.0 Å². The normalized spacial score (nSPS) is 21.1. The maximum atomic E-state index is 11.8. The van der Waals surface area contributed by atoms with Gasteiger partial charge < -0.3 is 29.3 Å². The van der Waals surface area contributed by atoms with Crippen molar-refractivity contribution in [1.82, 2.24) is 4.90 Å². The number of ether oxygens (including phenoxy) is 3. The van der Waals surface area contributed by atoms with Crippen LogP contribution in [0.5, 0.6) is 0 Å². The lowest BCUT2D eigenvalue weighted by Crippen LogP contribution is -2.40. The molecule has 3 aliphatic heterocycles. The van der Waals surface area contributed by atoms with Crippen LogP contribution in [0.3, 0.4) is 0 Å². The summed E-state index contributed by atoms with van der Waals surface area (Å²) in [7, 11) is 0. The molecule has 0 amide bonds. The minimum atomic E-state index is -1.14. The van der Waals surface area contributed by atoms with Crippen LogP contribution in [0.4, 0.5) is 0 Å². The number of hydrogen-bond donors (Lipinski definition) is 2. The van der Waals surface area contributed by atoms with Crippen molar-refractivity contribution in [3.8, 4) is 23.7 Å². The highest BCUT2D eigenvalue weighted by atomic mass is 16.6. The Hall–Kier alpha value is -6.20. The molecule has 0 saturated carbocycles. The number of aliphatic imine (C=N–C) groups is 1. The maximum Gasteiger partial charge on any atom is 0.347 e. The van der Waals surface area contributed by atoms with Crippen LogP contribution in [0.2, 0.25) is 0 Å². The summed E-state index contributed by atoms with van der Waals surface area (Å²) >= 11 is 0. The predicted molar refractivity (Wildman–Crippen MR) is 229 cm³/mol. The van der Waals surface area contributed by atoms with Crippen LogP contribution in [0.15, 0.2) is 102 Å². The van der Waals surface area contributed by atoms with Gasteiger partial charge in [0.25, 0.3) is 0 Å². The Bertz CT molecular complexity index is 2290. The summed E-state index contributed by atoms with van der Waals surface area (Å²) in [4.78, 5) is 40.2. The molecule has 2 N–H and O–H groups in total. The van der Waals surface area contributed by atoms with E-state index >= 15 is 0 Å². The van der Waals surface area contributed by atoms with Gasteiger partial charge in [0.15, 0.2) is 12.2 Å². The fourth-order valence-electron chi connectivity index (χ4n) is 7.25. The fraction of sp³-hybridized carbons (Fsp3) is 0.360. The molecular weight excluding hydrogens is 757 g/mol. The van der Waals surface area contributed by atoms with Gasteiger partial charge >= 0.3 is 17.9 Å². The number of cyclic esters (lactones) is 2. The second-order valence-corrected chi connectivity index (χ2v) is 15.1. The van der Waals surface area contributed by atoms with E-state index in [-0.39, 0.29) is 0 Å². The monoisotopic (exact) mass is 808 g/mol. The highest BCUT2D eigenvalue weighted by molar-refractivity contribution is 5.86. The van der Waals surface area contributed by atoms with Crippen LogP contribution < -0.4 is 0 Å². The van der Waals surface area contributed by atoms with Crippen molar-refractivity contribution < 1.29 is 38.8 Å². The van der Waals surface area contributed by atoms with Crippen LogP contribution in [0.25, 0.3) is 0 Å². The molecule has 0 aromatic heterocycles. The van der Waals surface area contributed by atoms with Crippen molar-refractivity contribution in [2.45, 2.75) is 96.2 Å². The van der Waals surface area contributed by atoms with E-state index in [4.69, 9.17) is 4.74 Å². The van der Waals surface area contributed by atoms with Crippen molar-refractivity contribution in [2.75, 3.05) is 19.6 Å². The van der Waals surface area contributed by atoms with Gasteiger partial charge in [-0.3, -0.25) is 4.99 Å². The van der Waals surface area contributed by atoms with Crippen LogP contribution >= 0.6 is 0 Å². The number of rotatable bonds is 2. The molecule has 0 spiro atoms. The first-order valence-corrected chi connectivity index (χ1v) is 20.7. The largest absolute Gasteiger partial charge is 0.455 e. The average Bonchev–Trinajstić information content (AvgIpc) is 3.50. The van der Waals surface area contributed by atoms with E-state index in [1.165, 1.54) is 71.8 Å². The highest BCUT2D eigenvalue weighted by Gasteiger charge is 2.32. The van der Waals surface area contributed by atoms with Crippen molar-refractivity contribution in [3.63, 3.8) is 0 Å². The topological polar surface area (TPSA) is 135 Å². The molecule has 4 aromatic carbocycles. The number of fused-ring (bicyclic) bond motifs is 5.